The second kappa shape index (κ2) is 3.92. The minimum absolute atomic E-state index is 0.347. The third-order valence-corrected chi connectivity index (χ3v) is 4.42. The van der Waals surface area contributed by atoms with Crippen LogP contribution in [0.5, 0.6) is 5.75 Å². The van der Waals surface area contributed by atoms with Crippen molar-refractivity contribution < 1.29 is 13.2 Å². The summed E-state index contributed by atoms with van der Waals surface area (Å²) in [6.07, 6.45) is 1.68. The second-order valence-electron chi connectivity index (χ2n) is 3.55. The zero-order valence-electron chi connectivity index (χ0n) is 9.15. The molecule has 0 fully saturated rings. The highest BCUT2D eigenvalue weighted by Crippen LogP contribution is 2.34. The van der Waals surface area contributed by atoms with Crippen LogP contribution in [0.3, 0.4) is 0 Å². The molecular weight excluding hydrogens is 226 g/mol. The second-order valence-corrected chi connectivity index (χ2v) is 5.52. The molecule has 0 radical (unpaired) electrons. The average Bonchev–Trinajstić information content (AvgIpc) is 2.51. The Labute approximate surface area is 94.8 Å². The highest BCUT2D eigenvalue weighted by atomic mass is 32.2. The van der Waals surface area contributed by atoms with Crippen molar-refractivity contribution in [3.8, 4) is 5.75 Å². The summed E-state index contributed by atoms with van der Waals surface area (Å²) >= 11 is 0. The van der Waals surface area contributed by atoms with Gasteiger partial charge in [-0.2, -0.15) is 0 Å². The largest absolute Gasteiger partial charge is 0.497 e. The number of rotatable bonds is 3. The fourth-order valence-electron chi connectivity index (χ4n) is 1.72. The van der Waals surface area contributed by atoms with Gasteiger partial charge in [-0.1, -0.05) is 0 Å². The van der Waals surface area contributed by atoms with E-state index in [1.165, 1.54) is 0 Å². The lowest BCUT2D eigenvalue weighted by Crippen LogP contribution is -2.14. The van der Waals surface area contributed by atoms with E-state index < -0.39 is 9.84 Å². The van der Waals surface area contributed by atoms with E-state index in [1.807, 2.05) is 0 Å². The van der Waals surface area contributed by atoms with Crippen LogP contribution in [0.1, 0.15) is 5.56 Å². The van der Waals surface area contributed by atoms with Crippen molar-refractivity contribution in [3.05, 3.63) is 28.7 Å². The van der Waals surface area contributed by atoms with Gasteiger partial charge in [0.1, 0.15) is 5.75 Å². The van der Waals surface area contributed by atoms with Crippen LogP contribution >= 0.6 is 0 Å². The van der Waals surface area contributed by atoms with Crippen molar-refractivity contribution in [1.82, 2.24) is 5.32 Å². The van der Waals surface area contributed by atoms with Crippen LogP contribution < -0.4 is 10.1 Å². The van der Waals surface area contributed by atoms with Gasteiger partial charge in [0.25, 0.3) is 0 Å². The summed E-state index contributed by atoms with van der Waals surface area (Å²) in [5.41, 5.74) is 0.699. The van der Waals surface area contributed by atoms with Crippen LogP contribution in [0.15, 0.2) is 28.0 Å². The molecule has 0 saturated carbocycles. The number of sulfone groups is 1. The van der Waals surface area contributed by atoms with Gasteiger partial charge >= 0.3 is 0 Å². The van der Waals surface area contributed by atoms with Gasteiger partial charge in [0.15, 0.2) is 0 Å². The minimum Gasteiger partial charge on any atom is -0.497 e. The van der Waals surface area contributed by atoms with Gasteiger partial charge in [0, 0.05) is 6.54 Å². The van der Waals surface area contributed by atoms with Gasteiger partial charge in [-0.05, 0) is 36.9 Å². The number of methoxy groups -OCH3 is 1. The van der Waals surface area contributed by atoms with E-state index in [0.717, 1.165) is 0 Å². The van der Waals surface area contributed by atoms with Crippen molar-refractivity contribution in [2.45, 2.75) is 4.90 Å². The molecule has 0 atom stereocenters. The molecule has 1 aliphatic heterocycles. The monoisotopic (exact) mass is 239 g/mol. The first kappa shape index (κ1) is 11.2. The molecule has 0 aromatic heterocycles. The SMILES string of the molecule is CNCC1=Cc2cc(OC)ccc2S1(=O)=O. The molecule has 5 heteroatoms. The average molecular weight is 239 g/mol. The molecular formula is C11H13NO3S. The van der Waals surface area contributed by atoms with Gasteiger partial charge in [0.2, 0.25) is 9.84 Å². The van der Waals surface area contributed by atoms with Gasteiger partial charge in [-0.15, -0.1) is 0 Å². The predicted molar refractivity (Wildman–Crippen MR) is 62.1 cm³/mol. The third kappa shape index (κ3) is 1.62. The molecule has 16 heavy (non-hydrogen) atoms. The third-order valence-electron chi connectivity index (χ3n) is 2.52. The number of ether oxygens (including phenoxy) is 1. The molecule has 1 aliphatic rings. The van der Waals surface area contributed by atoms with Crippen LogP contribution in [0.25, 0.3) is 6.08 Å². The molecule has 0 aliphatic carbocycles. The van der Waals surface area contributed by atoms with E-state index in [4.69, 9.17) is 4.74 Å². The lowest BCUT2D eigenvalue weighted by Gasteiger charge is -2.03. The topological polar surface area (TPSA) is 55.4 Å². The van der Waals surface area contributed by atoms with Crippen molar-refractivity contribution >= 4 is 15.9 Å². The van der Waals surface area contributed by atoms with E-state index in [0.29, 0.717) is 27.7 Å². The number of benzene rings is 1. The Hall–Kier alpha value is -1.33. The molecule has 0 bridgehead atoms. The zero-order chi connectivity index (χ0) is 11.8. The molecule has 2 rings (SSSR count). The Morgan fingerprint density at radius 2 is 2.12 bits per heavy atom. The van der Waals surface area contributed by atoms with Crippen molar-refractivity contribution in [2.24, 2.45) is 0 Å². The normalized spacial score (nSPS) is 16.8. The van der Waals surface area contributed by atoms with Gasteiger partial charge in [-0.25, -0.2) is 8.42 Å². The first-order valence-electron chi connectivity index (χ1n) is 4.88. The molecule has 0 saturated heterocycles. The predicted octanol–water partition coefficient (Wildman–Crippen LogP) is 1.04. The summed E-state index contributed by atoms with van der Waals surface area (Å²) in [4.78, 5) is 0.761. The Morgan fingerprint density at radius 3 is 2.75 bits per heavy atom. The fraction of sp³-hybridized carbons (Fsp3) is 0.273. The van der Waals surface area contributed by atoms with E-state index in [9.17, 15) is 8.42 Å². The summed E-state index contributed by atoms with van der Waals surface area (Å²) < 4.78 is 29.1. The molecule has 1 aromatic carbocycles. The van der Waals surface area contributed by atoms with E-state index in [-0.39, 0.29) is 0 Å². The standard InChI is InChI=1S/C11H13NO3S/c1-12-7-10-6-8-5-9(15-2)3-4-11(8)16(10,13)14/h3-6,12H,7H2,1-2H3. The fourth-order valence-corrected chi connectivity index (χ4v) is 3.30. The van der Waals surface area contributed by atoms with E-state index in [1.54, 1.807) is 38.4 Å². The lowest BCUT2D eigenvalue weighted by atomic mass is 10.2. The minimum atomic E-state index is -3.29. The smallest absolute Gasteiger partial charge is 0.204 e. The maximum atomic E-state index is 12.0. The summed E-state index contributed by atoms with van der Waals surface area (Å²) in [6.45, 7) is 0.347. The quantitative estimate of drug-likeness (QED) is 0.856. The molecule has 1 heterocycles. The first-order valence-corrected chi connectivity index (χ1v) is 6.36. The van der Waals surface area contributed by atoms with Crippen molar-refractivity contribution in [2.75, 3.05) is 20.7 Å². The highest BCUT2D eigenvalue weighted by molar-refractivity contribution is 7.95. The van der Waals surface area contributed by atoms with Crippen molar-refractivity contribution in [1.29, 1.82) is 0 Å². The Balaban J connectivity index is 2.54. The van der Waals surface area contributed by atoms with E-state index in [2.05, 4.69) is 5.32 Å². The van der Waals surface area contributed by atoms with Crippen LogP contribution in [-0.4, -0.2) is 29.1 Å². The molecule has 86 valence electrons. The molecule has 0 spiro atoms. The Morgan fingerprint density at radius 1 is 1.38 bits per heavy atom. The molecule has 1 N–H and O–H groups in total. The molecule has 1 aromatic rings. The summed E-state index contributed by atoms with van der Waals surface area (Å²) in [5.74, 6) is 0.663. The Bertz CT molecular complexity index is 546. The first-order chi connectivity index (χ1) is 7.59. The van der Waals surface area contributed by atoms with Crippen molar-refractivity contribution in [3.63, 3.8) is 0 Å². The maximum Gasteiger partial charge on any atom is 0.204 e. The summed E-state index contributed by atoms with van der Waals surface area (Å²) in [6, 6.07) is 4.98. The molecule has 0 amide bonds. The highest BCUT2D eigenvalue weighted by Gasteiger charge is 2.28. The lowest BCUT2D eigenvalue weighted by molar-refractivity contribution is 0.414. The number of hydrogen-bond acceptors (Lipinski definition) is 4. The number of likely N-dealkylation sites (N-methyl/N-ethyl adjacent to an activating group) is 1. The number of nitrogens with one attached hydrogen (secondary N) is 1. The van der Waals surface area contributed by atoms with Crippen LogP contribution in [0.4, 0.5) is 0 Å². The van der Waals surface area contributed by atoms with Crippen LogP contribution in [0.2, 0.25) is 0 Å². The van der Waals surface area contributed by atoms with Crippen LogP contribution in [0, 0.1) is 0 Å². The molecule has 0 unspecified atom stereocenters. The maximum absolute atomic E-state index is 12.0. The van der Waals surface area contributed by atoms with Gasteiger partial charge in [0.05, 0.1) is 16.9 Å². The summed E-state index contributed by atoms with van der Waals surface area (Å²) in [5, 5.41) is 2.85. The number of fused-ring (bicyclic) bond motifs is 1. The summed E-state index contributed by atoms with van der Waals surface area (Å²) in [7, 11) is -0.00938. The van der Waals surface area contributed by atoms with Gasteiger partial charge < -0.3 is 10.1 Å². The Kier molecular flexibility index (Phi) is 2.73. The van der Waals surface area contributed by atoms with Gasteiger partial charge in [-0.3, -0.25) is 0 Å². The van der Waals surface area contributed by atoms with Crippen LogP contribution in [-0.2, 0) is 9.84 Å². The zero-order valence-corrected chi connectivity index (χ0v) is 9.97. The van der Waals surface area contributed by atoms with E-state index >= 15 is 0 Å². The number of hydrogen-bond donors (Lipinski definition) is 1. The molecule has 4 nitrogen and oxygen atoms in total.